The van der Waals surface area contributed by atoms with Crippen LogP contribution >= 0.6 is 0 Å². The van der Waals surface area contributed by atoms with Crippen LogP contribution in [0.25, 0.3) is 0 Å². The van der Waals surface area contributed by atoms with E-state index in [0.717, 1.165) is 18.5 Å². The van der Waals surface area contributed by atoms with E-state index in [2.05, 4.69) is 13.8 Å². The first kappa shape index (κ1) is 20.4. The number of Topliss-reactive ketones (excluding diaryl/α,β-unsaturated/α-hetero) is 1. The van der Waals surface area contributed by atoms with Crippen molar-refractivity contribution in [3.8, 4) is 0 Å². The van der Waals surface area contributed by atoms with Crippen LogP contribution in [0.15, 0.2) is 0 Å². The molecule has 0 N–H and O–H groups in total. The van der Waals surface area contributed by atoms with Gasteiger partial charge in [0.2, 0.25) is 0 Å². The topological polar surface area (TPSA) is 84.7 Å². The summed E-state index contributed by atoms with van der Waals surface area (Å²) in [6.45, 7) is 5.66. The highest BCUT2D eigenvalue weighted by Gasteiger charge is 2.43. The Hall–Kier alpha value is -1.29. The molecule has 2 aliphatic rings. The van der Waals surface area contributed by atoms with E-state index in [1.165, 1.54) is 22.7 Å². The Morgan fingerprint density at radius 3 is 2.63 bits per heavy atom. The average molecular weight is 399 g/mol. The molecule has 27 heavy (non-hydrogen) atoms. The average Bonchev–Trinajstić information content (AvgIpc) is 3.16. The normalized spacial score (nSPS) is 23.2. The summed E-state index contributed by atoms with van der Waals surface area (Å²) in [7, 11) is 1.13. The number of carbonyl (C=O) groups excluding carboxylic acids is 1. The van der Waals surface area contributed by atoms with Crippen LogP contribution in [0, 0.1) is 5.41 Å². The van der Waals surface area contributed by atoms with Crippen LogP contribution in [-0.2, 0) is 27.9 Å². The monoisotopic (exact) mass is 398 g/mol. The van der Waals surface area contributed by atoms with E-state index in [-0.39, 0.29) is 17.2 Å². The number of methoxy groups -OCH3 is 1. The number of ketones is 1. The molecule has 0 aromatic carbocycles. The van der Waals surface area contributed by atoms with Gasteiger partial charge in [-0.05, 0) is 24.7 Å². The van der Waals surface area contributed by atoms with E-state index in [4.69, 9.17) is 9.84 Å². The van der Waals surface area contributed by atoms with Crippen molar-refractivity contribution in [2.45, 2.75) is 52.1 Å². The van der Waals surface area contributed by atoms with Crippen molar-refractivity contribution in [1.82, 2.24) is 18.4 Å². The molecule has 8 nitrogen and oxygen atoms in total. The maximum atomic E-state index is 13.0. The van der Waals surface area contributed by atoms with E-state index >= 15 is 0 Å². The summed E-state index contributed by atoms with van der Waals surface area (Å²) >= 11 is 0. The van der Waals surface area contributed by atoms with Gasteiger partial charge < -0.3 is 4.74 Å². The van der Waals surface area contributed by atoms with Crippen LogP contribution in [-0.4, -0.2) is 66.9 Å². The molecule has 0 bridgehead atoms. The number of aromatic nitrogens is 2. The van der Waals surface area contributed by atoms with Gasteiger partial charge in [0.05, 0.1) is 36.1 Å². The third kappa shape index (κ3) is 3.70. The largest absolute Gasteiger partial charge is 0.383 e. The smallest absolute Gasteiger partial charge is 0.282 e. The minimum Gasteiger partial charge on any atom is -0.383 e. The van der Waals surface area contributed by atoms with Crippen molar-refractivity contribution >= 4 is 16.0 Å². The van der Waals surface area contributed by atoms with Crippen LogP contribution in [0.3, 0.4) is 0 Å². The van der Waals surface area contributed by atoms with Gasteiger partial charge in [0.15, 0.2) is 5.78 Å². The fourth-order valence-corrected chi connectivity index (χ4v) is 5.44. The van der Waals surface area contributed by atoms with Gasteiger partial charge in [0, 0.05) is 34.2 Å². The van der Waals surface area contributed by atoms with E-state index < -0.39 is 10.2 Å². The van der Waals surface area contributed by atoms with E-state index in [1.54, 1.807) is 7.11 Å². The molecule has 1 saturated heterocycles. The lowest BCUT2D eigenvalue weighted by Gasteiger charge is -2.30. The van der Waals surface area contributed by atoms with Gasteiger partial charge in [-0.25, -0.2) is 0 Å². The molecule has 1 aromatic heterocycles. The number of hydrogen-bond acceptors (Lipinski definition) is 5. The Labute approximate surface area is 161 Å². The molecule has 0 unspecified atom stereocenters. The molecule has 1 aliphatic carbocycles. The Morgan fingerprint density at radius 1 is 1.30 bits per heavy atom. The van der Waals surface area contributed by atoms with Gasteiger partial charge in [-0.2, -0.15) is 22.1 Å². The highest BCUT2D eigenvalue weighted by Crippen LogP contribution is 2.42. The molecule has 2 heterocycles. The van der Waals surface area contributed by atoms with Gasteiger partial charge in [-0.1, -0.05) is 13.8 Å². The first-order valence-electron chi connectivity index (χ1n) is 9.39. The highest BCUT2D eigenvalue weighted by molar-refractivity contribution is 7.86. The lowest BCUT2D eigenvalue weighted by Crippen LogP contribution is -2.40. The van der Waals surface area contributed by atoms with Crippen LogP contribution in [0.5, 0.6) is 0 Å². The standard InChI is InChI=1S/C18H30N4O4S/c1-18(2)11-14-16(15(23)12-18)17(19-21(14)9-10-26-5)13-7-6-8-22(13)27(24,25)20(3)4/h13H,6-12H2,1-5H3/t13-/m1/s1. The number of nitrogens with zero attached hydrogens (tertiary/aromatic N) is 4. The molecule has 0 spiro atoms. The Kier molecular flexibility index (Phi) is 5.51. The van der Waals surface area contributed by atoms with Crippen molar-refractivity contribution in [2.75, 3.05) is 34.4 Å². The van der Waals surface area contributed by atoms with E-state index in [0.29, 0.717) is 43.8 Å². The Bertz CT molecular complexity index is 829. The summed E-state index contributed by atoms with van der Waals surface area (Å²) in [4.78, 5) is 13.0. The molecule has 3 rings (SSSR count). The SMILES string of the molecule is COCCn1nc([C@H]2CCCN2S(=O)(=O)N(C)C)c2c1CC(C)(C)CC2=O. The zero-order valence-corrected chi connectivity index (χ0v) is 17.7. The summed E-state index contributed by atoms with van der Waals surface area (Å²) in [5.74, 6) is 0.0639. The summed E-state index contributed by atoms with van der Waals surface area (Å²) in [5, 5.41) is 4.74. The fraction of sp³-hybridized carbons (Fsp3) is 0.778. The highest BCUT2D eigenvalue weighted by atomic mass is 32.2. The number of hydrogen-bond donors (Lipinski definition) is 0. The third-order valence-corrected chi connectivity index (χ3v) is 7.39. The number of rotatable bonds is 6. The molecule has 1 aromatic rings. The first-order valence-corrected chi connectivity index (χ1v) is 10.8. The first-order chi connectivity index (χ1) is 12.6. The maximum Gasteiger partial charge on any atom is 0.282 e. The molecule has 1 aliphatic heterocycles. The molecule has 9 heteroatoms. The predicted octanol–water partition coefficient (Wildman–Crippen LogP) is 1.63. The fourth-order valence-electron chi connectivity index (χ4n) is 4.13. The quantitative estimate of drug-likeness (QED) is 0.727. The van der Waals surface area contributed by atoms with Crippen LogP contribution in [0.1, 0.15) is 60.9 Å². The maximum absolute atomic E-state index is 13.0. The molecule has 1 atom stereocenters. The van der Waals surface area contributed by atoms with Gasteiger partial charge in [0.25, 0.3) is 10.2 Å². The van der Waals surface area contributed by atoms with Gasteiger partial charge >= 0.3 is 0 Å². The lowest BCUT2D eigenvalue weighted by molar-refractivity contribution is 0.0906. The Morgan fingerprint density at radius 2 is 2.00 bits per heavy atom. The second kappa shape index (κ2) is 7.27. The summed E-state index contributed by atoms with van der Waals surface area (Å²) in [6, 6.07) is -0.389. The molecule has 0 radical (unpaired) electrons. The van der Waals surface area contributed by atoms with Crippen LogP contribution in [0.2, 0.25) is 0 Å². The van der Waals surface area contributed by atoms with Gasteiger partial charge in [-0.3, -0.25) is 9.48 Å². The summed E-state index contributed by atoms with van der Waals surface area (Å²) in [5.41, 5.74) is 2.04. The minimum absolute atomic E-state index is 0.0639. The molecular formula is C18H30N4O4S. The van der Waals surface area contributed by atoms with Crippen molar-refractivity contribution in [1.29, 1.82) is 0 Å². The molecule has 0 saturated carbocycles. The van der Waals surface area contributed by atoms with Crippen molar-refractivity contribution < 1.29 is 17.9 Å². The van der Waals surface area contributed by atoms with Crippen LogP contribution in [0.4, 0.5) is 0 Å². The molecule has 0 amide bonds. The molecular weight excluding hydrogens is 368 g/mol. The van der Waals surface area contributed by atoms with Gasteiger partial charge in [-0.15, -0.1) is 0 Å². The third-order valence-electron chi connectivity index (χ3n) is 5.43. The van der Waals surface area contributed by atoms with Crippen molar-refractivity contribution in [2.24, 2.45) is 5.41 Å². The summed E-state index contributed by atoms with van der Waals surface area (Å²) in [6.07, 6.45) is 2.64. The predicted molar refractivity (Wildman–Crippen MR) is 102 cm³/mol. The summed E-state index contributed by atoms with van der Waals surface area (Å²) < 4.78 is 35.3. The van der Waals surface area contributed by atoms with Crippen molar-refractivity contribution in [3.63, 3.8) is 0 Å². The van der Waals surface area contributed by atoms with Crippen LogP contribution < -0.4 is 0 Å². The number of carbonyl (C=O) groups is 1. The Balaban J connectivity index is 2.08. The van der Waals surface area contributed by atoms with Crippen molar-refractivity contribution in [3.05, 3.63) is 17.0 Å². The number of ether oxygens (including phenoxy) is 1. The van der Waals surface area contributed by atoms with Gasteiger partial charge in [0.1, 0.15) is 0 Å². The molecule has 152 valence electrons. The minimum atomic E-state index is -3.57. The number of fused-ring (bicyclic) bond motifs is 1. The lowest BCUT2D eigenvalue weighted by atomic mass is 9.75. The molecule has 1 fully saturated rings. The second-order valence-corrected chi connectivity index (χ2v) is 10.5. The zero-order valence-electron chi connectivity index (χ0n) is 16.9. The van der Waals surface area contributed by atoms with E-state index in [9.17, 15) is 13.2 Å². The van der Waals surface area contributed by atoms with E-state index in [1.807, 2.05) is 4.68 Å². The second-order valence-electron chi connectivity index (χ2n) is 8.42. The zero-order chi connectivity index (χ0) is 20.0.